The molecule has 22 heavy (non-hydrogen) atoms. The number of fused-ring (bicyclic) bond motifs is 1. The smallest absolute Gasteiger partial charge is 0.287 e. The SMILES string of the molecule is O=C(NC1CCCCCCC1)c1nc2ccccc2c(=O)[nH]1. The van der Waals surface area contributed by atoms with Crippen LogP contribution in [-0.4, -0.2) is 21.9 Å². The molecule has 0 bridgehead atoms. The quantitative estimate of drug-likeness (QED) is 0.895. The van der Waals surface area contributed by atoms with Gasteiger partial charge in [0.25, 0.3) is 11.5 Å². The number of nitrogens with one attached hydrogen (secondary N) is 2. The number of amides is 1. The van der Waals surface area contributed by atoms with Crippen LogP contribution in [0.4, 0.5) is 0 Å². The summed E-state index contributed by atoms with van der Waals surface area (Å²) in [6.07, 6.45) is 8.06. The molecule has 3 rings (SSSR count). The maximum atomic E-state index is 12.4. The van der Waals surface area contributed by atoms with E-state index in [2.05, 4.69) is 15.3 Å². The van der Waals surface area contributed by atoms with Gasteiger partial charge >= 0.3 is 0 Å². The van der Waals surface area contributed by atoms with E-state index in [1.165, 1.54) is 19.3 Å². The summed E-state index contributed by atoms with van der Waals surface area (Å²) in [6.45, 7) is 0. The normalized spacial score (nSPS) is 16.9. The minimum Gasteiger partial charge on any atom is -0.347 e. The Bertz CT molecular complexity index is 715. The molecular weight excluding hydrogens is 278 g/mol. The van der Waals surface area contributed by atoms with E-state index >= 15 is 0 Å². The molecule has 1 aliphatic carbocycles. The average molecular weight is 299 g/mol. The van der Waals surface area contributed by atoms with Crippen molar-refractivity contribution >= 4 is 16.8 Å². The van der Waals surface area contributed by atoms with Gasteiger partial charge in [-0.1, -0.05) is 44.2 Å². The topological polar surface area (TPSA) is 74.8 Å². The fraction of sp³-hybridized carbons (Fsp3) is 0.471. The van der Waals surface area contributed by atoms with Crippen molar-refractivity contribution in [2.45, 2.75) is 51.0 Å². The number of benzene rings is 1. The Morgan fingerprint density at radius 3 is 2.55 bits per heavy atom. The molecule has 0 atom stereocenters. The Hall–Kier alpha value is -2.17. The second-order valence-electron chi connectivity index (χ2n) is 5.95. The molecule has 0 spiro atoms. The van der Waals surface area contributed by atoms with Crippen molar-refractivity contribution in [1.82, 2.24) is 15.3 Å². The molecule has 5 nitrogen and oxygen atoms in total. The lowest BCUT2D eigenvalue weighted by molar-refractivity contribution is 0.0920. The first-order valence-electron chi connectivity index (χ1n) is 8.04. The Morgan fingerprint density at radius 2 is 1.77 bits per heavy atom. The zero-order chi connectivity index (χ0) is 15.4. The Labute approximate surface area is 129 Å². The summed E-state index contributed by atoms with van der Waals surface area (Å²) in [7, 11) is 0. The summed E-state index contributed by atoms with van der Waals surface area (Å²) < 4.78 is 0. The van der Waals surface area contributed by atoms with Crippen LogP contribution in [0.5, 0.6) is 0 Å². The molecule has 1 saturated carbocycles. The highest BCUT2D eigenvalue weighted by Gasteiger charge is 2.17. The number of carbonyl (C=O) groups excluding carboxylic acids is 1. The third kappa shape index (κ3) is 3.35. The van der Waals surface area contributed by atoms with Crippen LogP contribution in [0.3, 0.4) is 0 Å². The first-order valence-corrected chi connectivity index (χ1v) is 8.04. The number of H-pyrrole nitrogens is 1. The van der Waals surface area contributed by atoms with Crippen molar-refractivity contribution < 1.29 is 4.79 Å². The van der Waals surface area contributed by atoms with Gasteiger partial charge in [-0.3, -0.25) is 9.59 Å². The maximum absolute atomic E-state index is 12.4. The standard InChI is InChI=1S/C17H21N3O2/c21-16-13-10-6-7-11-14(13)19-15(20-16)17(22)18-12-8-4-2-1-3-5-9-12/h6-7,10-12H,1-5,8-9H2,(H,18,22)(H,19,20,21). The van der Waals surface area contributed by atoms with Crippen molar-refractivity contribution in [3.05, 3.63) is 40.4 Å². The van der Waals surface area contributed by atoms with Crippen molar-refractivity contribution in [2.24, 2.45) is 0 Å². The Kier molecular flexibility index (Phi) is 4.51. The number of rotatable bonds is 2. The van der Waals surface area contributed by atoms with E-state index in [0.717, 1.165) is 25.7 Å². The molecule has 1 fully saturated rings. The molecule has 2 N–H and O–H groups in total. The monoisotopic (exact) mass is 299 g/mol. The van der Waals surface area contributed by atoms with E-state index < -0.39 is 0 Å². The fourth-order valence-electron chi connectivity index (χ4n) is 3.05. The third-order valence-electron chi connectivity index (χ3n) is 4.27. The largest absolute Gasteiger partial charge is 0.347 e. The molecule has 1 aliphatic rings. The molecular formula is C17H21N3O2. The van der Waals surface area contributed by atoms with Gasteiger partial charge in [0.2, 0.25) is 0 Å². The van der Waals surface area contributed by atoms with Crippen LogP contribution in [0.1, 0.15) is 55.6 Å². The lowest BCUT2D eigenvalue weighted by atomic mass is 9.97. The van der Waals surface area contributed by atoms with Crippen molar-refractivity contribution in [1.29, 1.82) is 0 Å². The highest BCUT2D eigenvalue weighted by atomic mass is 16.2. The summed E-state index contributed by atoms with van der Waals surface area (Å²) in [5, 5.41) is 3.53. The number of aromatic amines is 1. The first kappa shape index (κ1) is 14.8. The fourth-order valence-corrected chi connectivity index (χ4v) is 3.05. The third-order valence-corrected chi connectivity index (χ3v) is 4.27. The molecule has 1 aromatic heterocycles. The van der Waals surface area contributed by atoms with Gasteiger partial charge in [0.05, 0.1) is 10.9 Å². The lowest BCUT2D eigenvalue weighted by Crippen LogP contribution is -2.37. The van der Waals surface area contributed by atoms with E-state index in [4.69, 9.17) is 0 Å². The van der Waals surface area contributed by atoms with Crippen molar-refractivity contribution in [3.8, 4) is 0 Å². The molecule has 0 aliphatic heterocycles. The predicted octanol–water partition coefficient (Wildman–Crippen LogP) is 2.77. The van der Waals surface area contributed by atoms with Gasteiger partial charge in [0, 0.05) is 6.04 Å². The zero-order valence-corrected chi connectivity index (χ0v) is 12.6. The number of hydrogen-bond donors (Lipinski definition) is 2. The van der Waals surface area contributed by atoms with Crippen LogP contribution in [-0.2, 0) is 0 Å². The molecule has 1 aromatic carbocycles. The molecule has 2 aromatic rings. The van der Waals surface area contributed by atoms with Crippen LogP contribution in [0, 0.1) is 0 Å². The van der Waals surface area contributed by atoms with Gasteiger partial charge in [-0.05, 0) is 25.0 Å². The summed E-state index contributed by atoms with van der Waals surface area (Å²) in [4.78, 5) is 31.2. The van der Waals surface area contributed by atoms with Gasteiger partial charge in [-0.25, -0.2) is 4.98 Å². The zero-order valence-electron chi connectivity index (χ0n) is 12.6. The van der Waals surface area contributed by atoms with Crippen LogP contribution in [0.2, 0.25) is 0 Å². The maximum Gasteiger partial charge on any atom is 0.287 e. The minimum atomic E-state index is -0.284. The highest BCUT2D eigenvalue weighted by molar-refractivity contribution is 5.92. The summed E-state index contributed by atoms with van der Waals surface area (Å²) >= 11 is 0. The summed E-state index contributed by atoms with van der Waals surface area (Å²) in [5.41, 5.74) is 0.280. The lowest BCUT2D eigenvalue weighted by Gasteiger charge is -2.20. The minimum absolute atomic E-state index is 0.103. The van der Waals surface area contributed by atoms with Crippen LogP contribution in [0.25, 0.3) is 10.9 Å². The highest BCUT2D eigenvalue weighted by Crippen LogP contribution is 2.17. The van der Waals surface area contributed by atoms with E-state index in [1.54, 1.807) is 18.2 Å². The summed E-state index contributed by atoms with van der Waals surface area (Å²) in [5.74, 6) is -0.181. The number of aromatic nitrogens is 2. The Morgan fingerprint density at radius 1 is 1.09 bits per heavy atom. The van der Waals surface area contributed by atoms with Gasteiger partial charge in [-0.15, -0.1) is 0 Å². The van der Waals surface area contributed by atoms with Crippen molar-refractivity contribution in [2.75, 3.05) is 0 Å². The van der Waals surface area contributed by atoms with E-state index in [0.29, 0.717) is 10.9 Å². The van der Waals surface area contributed by atoms with Crippen LogP contribution >= 0.6 is 0 Å². The number of para-hydroxylation sites is 1. The van der Waals surface area contributed by atoms with Crippen LogP contribution in [0.15, 0.2) is 29.1 Å². The van der Waals surface area contributed by atoms with E-state index in [-0.39, 0.29) is 23.3 Å². The van der Waals surface area contributed by atoms with Crippen LogP contribution < -0.4 is 10.9 Å². The number of carbonyl (C=O) groups is 1. The number of hydrogen-bond acceptors (Lipinski definition) is 3. The molecule has 0 radical (unpaired) electrons. The van der Waals surface area contributed by atoms with Gasteiger partial charge in [0.15, 0.2) is 5.82 Å². The van der Waals surface area contributed by atoms with Gasteiger partial charge in [-0.2, -0.15) is 0 Å². The molecule has 1 amide bonds. The number of nitrogens with zero attached hydrogens (tertiary/aromatic N) is 1. The Balaban J connectivity index is 1.78. The summed E-state index contributed by atoms with van der Waals surface area (Å²) in [6, 6.07) is 7.23. The van der Waals surface area contributed by atoms with E-state index in [1.807, 2.05) is 6.07 Å². The van der Waals surface area contributed by atoms with E-state index in [9.17, 15) is 9.59 Å². The first-order chi connectivity index (χ1) is 10.7. The second-order valence-corrected chi connectivity index (χ2v) is 5.95. The molecule has 1 heterocycles. The average Bonchev–Trinajstić information content (AvgIpc) is 2.49. The van der Waals surface area contributed by atoms with Crippen molar-refractivity contribution in [3.63, 3.8) is 0 Å². The molecule has 116 valence electrons. The van der Waals surface area contributed by atoms with Gasteiger partial charge in [0.1, 0.15) is 0 Å². The molecule has 0 unspecified atom stereocenters. The molecule has 5 heteroatoms. The molecule has 0 saturated heterocycles. The van der Waals surface area contributed by atoms with Gasteiger partial charge < -0.3 is 10.3 Å². The second kappa shape index (κ2) is 6.73. The predicted molar refractivity (Wildman–Crippen MR) is 85.9 cm³/mol.